The highest BCUT2D eigenvalue weighted by atomic mass is 14.0. The van der Waals surface area contributed by atoms with Crippen LogP contribution in [-0.4, -0.2) is 0 Å². The molecule has 0 aliphatic heterocycles. The Balaban J connectivity index is 3.74. The van der Waals surface area contributed by atoms with Gasteiger partial charge in [0, 0.05) is 0 Å². The maximum atomic E-state index is 3.90. The molecule has 0 heterocycles. The molecular weight excluding hydrogens is 180 g/mol. The van der Waals surface area contributed by atoms with Gasteiger partial charge in [0.25, 0.3) is 0 Å². The topological polar surface area (TPSA) is 0 Å². The first-order valence-electron chi connectivity index (χ1n) is 5.65. The van der Waals surface area contributed by atoms with Crippen molar-refractivity contribution in [3.63, 3.8) is 0 Å². The summed E-state index contributed by atoms with van der Waals surface area (Å²) in [7, 11) is 0. The molecular formula is C15H24. The van der Waals surface area contributed by atoms with Gasteiger partial charge in [-0.15, -0.1) is 0 Å². The van der Waals surface area contributed by atoms with Crippen LogP contribution in [0.4, 0.5) is 0 Å². The first-order valence-corrected chi connectivity index (χ1v) is 5.65. The first-order chi connectivity index (χ1) is 7.06. The minimum absolute atomic E-state index is 1.03. The minimum Gasteiger partial charge on any atom is -0.0988 e. The molecule has 0 fully saturated rings. The van der Waals surface area contributed by atoms with Gasteiger partial charge in [0.05, 0.1) is 0 Å². The van der Waals surface area contributed by atoms with Crippen molar-refractivity contribution in [1.29, 1.82) is 0 Å². The van der Waals surface area contributed by atoms with E-state index in [4.69, 9.17) is 0 Å². The molecule has 0 saturated carbocycles. The average molecular weight is 204 g/mol. The van der Waals surface area contributed by atoms with Crippen molar-refractivity contribution in [3.05, 3.63) is 48.1 Å². The zero-order valence-corrected chi connectivity index (χ0v) is 10.5. The van der Waals surface area contributed by atoms with E-state index in [1.165, 1.54) is 17.6 Å². The van der Waals surface area contributed by atoms with E-state index in [9.17, 15) is 0 Å². The normalized spacial score (nSPS) is 11.0. The van der Waals surface area contributed by atoms with Gasteiger partial charge in [0.2, 0.25) is 0 Å². The molecule has 0 aromatic heterocycles. The summed E-state index contributed by atoms with van der Waals surface area (Å²) in [5.41, 5.74) is 4.01. The van der Waals surface area contributed by atoms with Crippen LogP contribution < -0.4 is 0 Å². The van der Waals surface area contributed by atoms with Crippen LogP contribution in [0.25, 0.3) is 0 Å². The lowest BCUT2D eigenvalue weighted by molar-refractivity contribution is 0.929. The van der Waals surface area contributed by atoms with E-state index in [0.29, 0.717) is 0 Å². The molecule has 0 heteroatoms. The van der Waals surface area contributed by atoms with E-state index in [2.05, 4.69) is 46.1 Å². The summed E-state index contributed by atoms with van der Waals surface area (Å²) < 4.78 is 0. The van der Waals surface area contributed by atoms with Crippen LogP contribution >= 0.6 is 0 Å². The second-order valence-corrected chi connectivity index (χ2v) is 4.27. The fourth-order valence-corrected chi connectivity index (χ4v) is 1.30. The van der Waals surface area contributed by atoms with Crippen molar-refractivity contribution in [1.82, 2.24) is 0 Å². The largest absolute Gasteiger partial charge is 0.0988 e. The highest BCUT2D eigenvalue weighted by molar-refractivity contribution is 5.12. The van der Waals surface area contributed by atoms with Crippen LogP contribution in [0.5, 0.6) is 0 Å². The van der Waals surface area contributed by atoms with Crippen molar-refractivity contribution in [2.75, 3.05) is 0 Å². The Labute approximate surface area is 95.1 Å². The predicted octanol–water partition coefficient (Wildman–Crippen LogP) is 5.20. The summed E-state index contributed by atoms with van der Waals surface area (Å²) in [4.78, 5) is 0. The Morgan fingerprint density at radius 3 is 2.13 bits per heavy atom. The first kappa shape index (κ1) is 14.0. The summed E-state index contributed by atoms with van der Waals surface area (Å²) in [5.74, 6) is 0. The van der Waals surface area contributed by atoms with Crippen LogP contribution in [-0.2, 0) is 0 Å². The molecule has 0 saturated heterocycles. The van der Waals surface area contributed by atoms with Gasteiger partial charge in [0.15, 0.2) is 0 Å². The third kappa shape index (κ3) is 9.27. The molecule has 0 atom stereocenters. The Hall–Kier alpha value is -1.04. The van der Waals surface area contributed by atoms with E-state index < -0.39 is 0 Å². The summed E-state index contributed by atoms with van der Waals surface area (Å²) in [5, 5.41) is 0. The van der Waals surface area contributed by atoms with E-state index in [-0.39, 0.29) is 0 Å². The lowest BCUT2D eigenvalue weighted by Gasteiger charge is -2.00. The second-order valence-electron chi connectivity index (χ2n) is 4.27. The van der Waals surface area contributed by atoms with Crippen molar-refractivity contribution >= 4 is 0 Å². The Kier molecular flexibility index (Phi) is 7.71. The quantitative estimate of drug-likeness (QED) is 0.395. The summed E-state index contributed by atoms with van der Waals surface area (Å²) >= 11 is 0. The molecule has 15 heavy (non-hydrogen) atoms. The van der Waals surface area contributed by atoms with Crippen molar-refractivity contribution in [3.8, 4) is 0 Å². The van der Waals surface area contributed by atoms with Crippen molar-refractivity contribution in [2.24, 2.45) is 0 Å². The van der Waals surface area contributed by atoms with Gasteiger partial charge in [-0.3, -0.25) is 0 Å². The number of allylic oxidation sites excluding steroid dienone is 6. The van der Waals surface area contributed by atoms with Gasteiger partial charge in [-0.2, -0.15) is 0 Å². The summed E-state index contributed by atoms with van der Waals surface area (Å²) in [6.07, 6.45) is 10.9. The standard InChI is InChI=1S/C15H24/c1-6-14(4)10-8-12-15(5)11-7-9-13(2)3/h6,9,12H,1,4,7-8,10-11H2,2-3,5H3/b15-12-. The zero-order chi connectivity index (χ0) is 11.7. The van der Waals surface area contributed by atoms with E-state index in [1.807, 2.05) is 6.08 Å². The molecule has 0 nitrogen and oxygen atoms in total. The molecule has 84 valence electrons. The lowest BCUT2D eigenvalue weighted by Crippen LogP contribution is -1.79. The molecule has 0 aliphatic rings. The van der Waals surface area contributed by atoms with E-state index in [1.54, 1.807) is 0 Å². The van der Waals surface area contributed by atoms with Crippen LogP contribution in [0.3, 0.4) is 0 Å². The third-order valence-electron chi connectivity index (χ3n) is 2.34. The van der Waals surface area contributed by atoms with Gasteiger partial charge < -0.3 is 0 Å². The Morgan fingerprint density at radius 1 is 1.00 bits per heavy atom. The van der Waals surface area contributed by atoms with Gasteiger partial charge in [-0.05, 0) is 46.5 Å². The van der Waals surface area contributed by atoms with Crippen molar-refractivity contribution < 1.29 is 0 Å². The van der Waals surface area contributed by atoms with E-state index >= 15 is 0 Å². The van der Waals surface area contributed by atoms with Gasteiger partial charge in [0.1, 0.15) is 0 Å². The highest BCUT2D eigenvalue weighted by Crippen LogP contribution is 2.10. The fraction of sp³-hybridized carbons (Fsp3) is 0.467. The predicted molar refractivity (Wildman–Crippen MR) is 71.0 cm³/mol. The number of rotatable bonds is 7. The van der Waals surface area contributed by atoms with E-state index in [0.717, 1.165) is 24.8 Å². The van der Waals surface area contributed by atoms with Crippen molar-refractivity contribution in [2.45, 2.75) is 46.5 Å². The fourth-order valence-electron chi connectivity index (χ4n) is 1.30. The maximum Gasteiger partial charge on any atom is -0.0250 e. The minimum atomic E-state index is 1.03. The van der Waals surface area contributed by atoms with Crippen LogP contribution in [0, 0.1) is 0 Å². The van der Waals surface area contributed by atoms with Gasteiger partial charge >= 0.3 is 0 Å². The summed E-state index contributed by atoms with van der Waals surface area (Å²) in [6.45, 7) is 14.1. The van der Waals surface area contributed by atoms with Crippen LogP contribution in [0.2, 0.25) is 0 Å². The Bertz CT molecular complexity index is 260. The second kappa shape index (κ2) is 8.28. The molecule has 0 aliphatic carbocycles. The number of hydrogen-bond donors (Lipinski definition) is 0. The molecule has 0 rings (SSSR count). The molecule has 0 spiro atoms. The zero-order valence-electron chi connectivity index (χ0n) is 10.5. The number of hydrogen-bond acceptors (Lipinski definition) is 0. The smallest absolute Gasteiger partial charge is 0.0250 e. The molecule has 0 amide bonds. The van der Waals surface area contributed by atoms with Crippen LogP contribution in [0.15, 0.2) is 48.1 Å². The highest BCUT2D eigenvalue weighted by Gasteiger charge is 1.90. The monoisotopic (exact) mass is 204 g/mol. The SMILES string of the molecule is C=CC(=C)CC/C=C(/C)CCC=C(C)C. The molecule has 0 aromatic carbocycles. The molecule has 0 radical (unpaired) electrons. The van der Waals surface area contributed by atoms with Gasteiger partial charge in [-0.1, -0.05) is 48.1 Å². The molecule has 0 unspecified atom stereocenters. The third-order valence-corrected chi connectivity index (χ3v) is 2.34. The maximum absolute atomic E-state index is 3.90. The van der Waals surface area contributed by atoms with Crippen LogP contribution in [0.1, 0.15) is 46.5 Å². The Morgan fingerprint density at radius 2 is 1.60 bits per heavy atom. The molecule has 0 aromatic rings. The lowest BCUT2D eigenvalue weighted by atomic mass is 10.1. The molecule has 0 N–H and O–H groups in total. The summed E-state index contributed by atoms with van der Waals surface area (Å²) in [6, 6.07) is 0. The molecule has 0 bridgehead atoms. The average Bonchev–Trinajstić information content (AvgIpc) is 2.17. The van der Waals surface area contributed by atoms with Gasteiger partial charge in [-0.25, -0.2) is 0 Å².